The zero-order chi connectivity index (χ0) is 33.6. The predicted octanol–water partition coefficient (Wildman–Crippen LogP) is 2.81. The maximum atomic E-state index is 13.9. The molecule has 11 nitrogen and oxygen atoms in total. The Morgan fingerprint density at radius 1 is 1.02 bits per heavy atom. The van der Waals surface area contributed by atoms with Crippen LogP contribution in [-0.2, 0) is 30.6 Å². The number of hydrogen-bond acceptors (Lipinski definition) is 8. The minimum Gasteiger partial charge on any atom is -0.450 e. The number of aliphatic hydroxyl groups excluding tert-OH is 1. The fourth-order valence-electron chi connectivity index (χ4n) is 6.47. The molecule has 1 aliphatic heterocycles. The van der Waals surface area contributed by atoms with Crippen LogP contribution in [0, 0.1) is 11.8 Å². The lowest BCUT2D eigenvalue weighted by Crippen LogP contribution is -2.64. The van der Waals surface area contributed by atoms with Crippen LogP contribution in [0.2, 0.25) is 0 Å². The third kappa shape index (κ3) is 10.1. The maximum Gasteiger partial charge on any atom is 0.407 e. The second kappa shape index (κ2) is 15.3. The highest BCUT2D eigenvalue weighted by atomic mass is 32.2. The van der Waals surface area contributed by atoms with Crippen molar-refractivity contribution in [3.05, 3.63) is 35.9 Å². The molecule has 6 atom stereocenters. The van der Waals surface area contributed by atoms with Crippen molar-refractivity contribution in [3.63, 3.8) is 0 Å². The van der Waals surface area contributed by atoms with Crippen molar-refractivity contribution < 1.29 is 32.6 Å². The maximum absolute atomic E-state index is 13.9. The van der Waals surface area contributed by atoms with Crippen molar-refractivity contribution in [1.82, 2.24) is 20.9 Å². The van der Waals surface area contributed by atoms with E-state index in [1.165, 1.54) is 13.8 Å². The number of likely N-dealkylation sites (tertiary alicyclic amines) is 1. The molecule has 4 N–H and O–H groups in total. The molecule has 1 aliphatic carbocycles. The summed E-state index contributed by atoms with van der Waals surface area (Å²) in [5.41, 5.74) is 0.439. The highest BCUT2D eigenvalue weighted by Gasteiger charge is 2.46. The van der Waals surface area contributed by atoms with Gasteiger partial charge in [-0.05, 0) is 78.2 Å². The Hall–Kier alpha value is -2.70. The SMILES string of the molecule is CCOC(=O)N[C@H](C(=O)N[C@@H](Cc1ccccc1)[C@H](O)CN1CC2CCCCC2C[C@H]1C(=O)NC(C)(C)C)C(C)(C)S(C)(=O)=O. The van der Waals surface area contributed by atoms with Gasteiger partial charge in [-0.3, -0.25) is 14.5 Å². The average molecular weight is 651 g/mol. The average Bonchev–Trinajstić information content (AvgIpc) is 2.94. The number of carbonyl (C=O) groups is 3. The number of sulfone groups is 1. The van der Waals surface area contributed by atoms with E-state index in [4.69, 9.17) is 4.74 Å². The Labute approximate surface area is 269 Å². The van der Waals surface area contributed by atoms with Gasteiger partial charge >= 0.3 is 6.09 Å². The third-order valence-corrected chi connectivity index (χ3v) is 11.4. The standard InChI is InChI=1S/C33H54N4O7S/c1-8-44-31(41)35-28(33(5,6)45(7,42)43)30(40)34-25(18-22-14-10-9-11-15-22)27(38)21-37-20-24-17-13-12-16-23(24)19-26(37)29(39)36-32(2,3)4/h9-11,14-15,23-28,38H,8,12-13,16-21H2,1-7H3,(H,34,40)(H,35,41)(H,36,39)/t23?,24?,25-,26-,27+,28+/m0/s1. The van der Waals surface area contributed by atoms with Crippen LogP contribution in [0.25, 0.3) is 0 Å². The van der Waals surface area contributed by atoms with Gasteiger partial charge in [-0.1, -0.05) is 49.6 Å². The van der Waals surface area contributed by atoms with Gasteiger partial charge in [0.2, 0.25) is 11.8 Å². The summed E-state index contributed by atoms with van der Waals surface area (Å²) < 4.78 is 28.8. The first kappa shape index (κ1) is 36.8. The van der Waals surface area contributed by atoms with E-state index in [0.717, 1.165) is 37.5 Å². The minimum atomic E-state index is -3.83. The number of ether oxygens (including phenoxy) is 1. The van der Waals surface area contributed by atoms with Gasteiger partial charge in [0.15, 0.2) is 9.84 Å². The number of benzene rings is 1. The molecule has 0 bridgehead atoms. The van der Waals surface area contributed by atoms with Crippen molar-refractivity contribution in [2.45, 2.75) is 115 Å². The topological polar surface area (TPSA) is 154 Å². The van der Waals surface area contributed by atoms with E-state index in [0.29, 0.717) is 24.8 Å². The lowest BCUT2D eigenvalue weighted by Gasteiger charge is -2.47. The first-order chi connectivity index (χ1) is 20.9. The molecule has 1 aromatic rings. The number of amides is 3. The summed E-state index contributed by atoms with van der Waals surface area (Å²) >= 11 is 0. The molecule has 0 radical (unpaired) electrons. The van der Waals surface area contributed by atoms with Gasteiger partial charge in [0.25, 0.3) is 0 Å². The molecule has 12 heteroatoms. The van der Waals surface area contributed by atoms with Crippen LogP contribution in [-0.4, -0.2) is 96.8 Å². The fourth-order valence-corrected chi connectivity index (χ4v) is 7.07. The molecule has 2 aliphatic rings. The molecule has 1 heterocycles. The molecule has 1 saturated carbocycles. The third-order valence-electron chi connectivity index (χ3n) is 9.27. The summed E-state index contributed by atoms with van der Waals surface area (Å²) in [7, 11) is -3.83. The summed E-state index contributed by atoms with van der Waals surface area (Å²) in [6.07, 6.45) is 4.42. The van der Waals surface area contributed by atoms with Crippen LogP contribution in [0.5, 0.6) is 0 Å². The highest BCUT2D eigenvalue weighted by molar-refractivity contribution is 7.92. The van der Waals surface area contributed by atoms with Gasteiger partial charge in [0, 0.05) is 24.9 Å². The number of hydrogen-bond donors (Lipinski definition) is 4. The van der Waals surface area contributed by atoms with Gasteiger partial charge in [0.05, 0.1) is 29.5 Å². The number of nitrogens with zero attached hydrogens (tertiary/aromatic N) is 1. The zero-order valence-electron chi connectivity index (χ0n) is 28.0. The summed E-state index contributed by atoms with van der Waals surface area (Å²) in [4.78, 5) is 41.9. The molecule has 0 spiro atoms. The predicted molar refractivity (Wildman–Crippen MR) is 174 cm³/mol. The van der Waals surface area contributed by atoms with Crippen molar-refractivity contribution in [2.24, 2.45) is 11.8 Å². The summed E-state index contributed by atoms with van der Waals surface area (Å²) in [6, 6.07) is 6.58. The minimum absolute atomic E-state index is 0.0382. The molecule has 0 aromatic heterocycles. The quantitative estimate of drug-likeness (QED) is 0.269. The number of fused-ring (bicyclic) bond motifs is 1. The number of carbonyl (C=O) groups excluding carboxylic acids is 3. The summed E-state index contributed by atoms with van der Waals surface area (Å²) in [5.74, 6) is 0.0542. The van der Waals surface area contributed by atoms with Crippen LogP contribution in [0.15, 0.2) is 30.3 Å². The van der Waals surface area contributed by atoms with Crippen LogP contribution < -0.4 is 16.0 Å². The Balaban J connectivity index is 1.91. The van der Waals surface area contributed by atoms with E-state index in [1.54, 1.807) is 6.92 Å². The van der Waals surface area contributed by atoms with Crippen LogP contribution in [0.3, 0.4) is 0 Å². The van der Waals surface area contributed by atoms with E-state index in [-0.39, 0.29) is 25.5 Å². The van der Waals surface area contributed by atoms with Gasteiger partial charge in [-0.15, -0.1) is 0 Å². The Bertz CT molecular complexity index is 1270. The van der Waals surface area contributed by atoms with Gasteiger partial charge in [-0.2, -0.15) is 0 Å². The molecular weight excluding hydrogens is 596 g/mol. The lowest BCUT2D eigenvalue weighted by atomic mass is 9.72. The van der Waals surface area contributed by atoms with Crippen LogP contribution in [0.4, 0.5) is 4.79 Å². The van der Waals surface area contributed by atoms with Gasteiger partial charge in [-0.25, -0.2) is 13.2 Å². The first-order valence-corrected chi connectivity index (χ1v) is 18.0. The second-order valence-electron chi connectivity index (χ2n) is 14.3. The molecule has 2 unspecified atom stereocenters. The van der Waals surface area contributed by atoms with Crippen LogP contribution >= 0.6 is 0 Å². The zero-order valence-corrected chi connectivity index (χ0v) is 28.8. The smallest absolute Gasteiger partial charge is 0.407 e. The normalized spacial score (nSPS) is 23.2. The van der Waals surface area contributed by atoms with Crippen molar-refractivity contribution in [2.75, 3.05) is 26.0 Å². The summed E-state index contributed by atoms with van der Waals surface area (Å²) in [5, 5.41) is 20.2. The number of rotatable bonds is 12. The largest absolute Gasteiger partial charge is 0.450 e. The summed E-state index contributed by atoms with van der Waals surface area (Å²) in [6.45, 7) is 11.0. The van der Waals surface area contributed by atoms with Crippen molar-refractivity contribution in [1.29, 1.82) is 0 Å². The van der Waals surface area contributed by atoms with Gasteiger partial charge in [0.1, 0.15) is 6.04 Å². The van der Waals surface area contributed by atoms with Crippen molar-refractivity contribution in [3.8, 4) is 0 Å². The van der Waals surface area contributed by atoms with E-state index in [9.17, 15) is 27.9 Å². The van der Waals surface area contributed by atoms with E-state index in [2.05, 4.69) is 20.9 Å². The van der Waals surface area contributed by atoms with E-state index < -0.39 is 56.4 Å². The number of aliphatic hydroxyl groups is 1. The molecule has 2 fully saturated rings. The molecule has 1 aromatic carbocycles. The number of nitrogens with one attached hydrogen (secondary N) is 3. The Morgan fingerprint density at radius 2 is 1.64 bits per heavy atom. The van der Waals surface area contributed by atoms with E-state index >= 15 is 0 Å². The second-order valence-corrected chi connectivity index (χ2v) is 16.9. The molecule has 3 rings (SSSR count). The molecule has 3 amide bonds. The lowest BCUT2D eigenvalue weighted by molar-refractivity contribution is -0.133. The fraction of sp³-hybridized carbons (Fsp3) is 0.727. The van der Waals surface area contributed by atoms with Gasteiger partial charge < -0.3 is 25.8 Å². The molecule has 254 valence electrons. The van der Waals surface area contributed by atoms with Crippen LogP contribution in [0.1, 0.15) is 79.2 Å². The van der Waals surface area contributed by atoms with E-state index in [1.807, 2.05) is 51.1 Å². The highest BCUT2D eigenvalue weighted by Crippen LogP contribution is 2.39. The Kier molecular flexibility index (Phi) is 12.5. The van der Waals surface area contributed by atoms with Crippen molar-refractivity contribution >= 4 is 27.7 Å². The molecule has 45 heavy (non-hydrogen) atoms. The monoisotopic (exact) mass is 650 g/mol. The number of alkyl carbamates (subject to hydrolysis) is 1. The Morgan fingerprint density at radius 3 is 2.22 bits per heavy atom. The number of piperidine rings is 1. The molecular formula is C33H54N4O7S. The number of β-amino-alcohol motifs (C(OH)–C–C–N with tert-alkyl or cyclic N) is 1. The first-order valence-electron chi connectivity index (χ1n) is 16.1. The molecule has 1 saturated heterocycles.